The Balaban J connectivity index is 0.00000160. The molecule has 1 saturated carbocycles. The molecule has 2 fully saturated rings. The molecule has 2 aromatic heterocycles. The lowest BCUT2D eigenvalue weighted by molar-refractivity contribution is 0.0662. The second kappa shape index (κ2) is 9.01. The smallest absolute Gasteiger partial charge is 0.254 e. The van der Waals surface area contributed by atoms with Crippen LogP contribution in [0.1, 0.15) is 81.0 Å². The number of hydrogen-bond acceptors (Lipinski definition) is 4. The summed E-state index contributed by atoms with van der Waals surface area (Å²) < 4.78 is 1.99. The molecule has 30 heavy (non-hydrogen) atoms. The van der Waals surface area contributed by atoms with Crippen molar-refractivity contribution in [1.29, 1.82) is 0 Å². The first-order valence-electron chi connectivity index (χ1n) is 10.6. The van der Waals surface area contributed by atoms with Gasteiger partial charge in [-0.05, 0) is 72.3 Å². The number of aromatic nitrogens is 3. The van der Waals surface area contributed by atoms with Gasteiger partial charge in [0.25, 0.3) is 5.91 Å². The molecular formula is C22H35Cl2N5O. The summed E-state index contributed by atoms with van der Waals surface area (Å²) in [4.78, 5) is 20.6. The molecule has 4 rings (SSSR count). The number of amides is 1. The highest BCUT2D eigenvalue weighted by Gasteiger charge is 2.33. The van der Waals surface area contributed by atoms with Crippen molar-refractivity contribution in [3.05, 3.63) is 23.0 Å². The first kappa shape index (κ1) is 24.9. The molecule has 2 atom stereocenters. The fourth-order valence-corrected chi connectivity index (χ4v) is 4.33. The van der Waals surface area contributed by atoms with Crippen LogP contribution in [0.4, 0.5) is 0 Å². The van der Waals surface area contributed by atoms with Crippen LogP contribution in [0.2, 0.25) is 0 Å². The fourth-order valence-electron chi connectivity index (χ4n) is 4.33. The van der Waals surface area contributed by atoms with Gasteiger partial charge in [-0.1, -0.05) is 0 Å². The second-order valence-electron chi connectivity index (χ2n) is 9.75. The Kier molecular flexibility index (Phi) is 7.48. The number of fused-ring (bicyclic) bond motifs is 1. The van der Waals surface area contributed by atoms with E-state index < -0.39 is 0 Å². The zero-order valence-electron chi connectivity index (χ0n) is 18.6. The van der Waals surface area contributed by atoms with Gasteiger partial charge < -0.3 is 10.6 Å². The quantitative estimate of drug-likeness (QED) is 0.742. The summed E-state index contributed by atoms with van der Waals surface area (Å²) >= 11 is 0. The van der Waals surface area contributed by atoms with E-state index in [2.05, 4.69) is 20.8 Å². The van der Waals surface area contributed by atoms with Gasteiger partial charge in [0.15, 0.2) is 5.65 Å². The number of nitrogens with zero attached hydrogens (tertiary/aromatic N) is 4. The van der Waals surface area contributed by atoms with Crippen molar-refractivity contribution < 1.29 is 4.79 Å². The summed E-state index contributed by atoms with van der Waals surface area (Å²) in [7, 11) is 0. The van der Waals surface area contributed by atoms with Crippen LogP contribution in [-0.4, -0.2) is 44.7 Å². The molecule has 0 bridgehead atoms. The van der Waals surface area contributed by atoms with E-state index in [9.17, 15) is 4.79 Å². The maximum atomic E-state index is 13.6. The summed E-state index contributed by atoms with van der Waals surface area (Å²) in [6.45, 7) is 12.0. The number of carbonyl (C=O) groups is 1. The SMILES string of the molecule is Cc1nn(C(C)(C)C)c2nc(C3CC3)cc(C(=O)N3CCCC(C(C)N)C3)c12.Cl.Cl. The van der Waals surface area contributed by atoms with Crippen molar-refractivity contribution in [2.24, 2.45) is 11.7 Å². The Bertz CT molecular complexity index is 914. The van der Waals surface area contributed by atoms with E-state index in [1.807, 2.05) is 29.5 Å². The Morgan fingerprint density at radius 3 is 2.47 bits per heavy atom. The summed E-state index contributed by atoms with van der Waals surface area (Å²) in [5, 5.41) is 5.69. The number of rotatable bonds is 3. The van der Waals surface area contributed by atoms with Gasteiger partial charge in [-0.2, -0.15) is 5.10 Å². The zero-order valence-corrected chi connectivity index (χ0v) is 20.3. The highest BCUT2D eigenvalue weighted by molar-refractivity contribution is 6.06. The lowest BCUT2D eigenvalue weighted by Gasteiger charge is -2.34. The molecule has 8 heteroatoms. The van der Waals surface area contributed by atoms with Crippen molar-refractivity contribution in [3.63, 3.8) is 0 Å². The fraction of sp³-hybridized carbons (Fsp3) is 0.682. The van der Waals surface area contributed by atoms with E-state index in [-0.39, 0.29) is 42.3 Å². The molecule has 2 N–H and O–H groups in total. The third kappa shape index (κ3) is 4.61. The average Bonchev–Trinajstić information content (AvgIpc) is 3.43. The molecule has 1 amide bonds. The lowest BCUT2D eigenvalue weighted by atomic mass is 9.91. The van der Waals surface area contributed by atoms with Gasteiger partial charge in [0, 0.05) is 30.7 Å². The third-order valence-corrected chi connectivity index (χ3v) is 6.18. The van der Waals surface area contributed by atoms with Crippen molar-refractivity contribution in [3.8, 4) is 0 Å². The van der Waals surface area contributed by atoms with Gasteiger partial charge in [-0.15, -0.1) is 24.8 Å². The first-order chi connectivity index (χ1) is 13.2. The minimum Gasteiger partial charge on any atom is -0.338 e. The highest BCUT2D eigenvalue weighted by atomic mass is 35.5. The van der Waals surface area contributed by atoms with Crippen LogP contribution in [0, 0.1) is 12.8 Å². The molecule has 2 aromatic rings. The molecule has 1 aliphatic heterocycles. The van der Waals surface area contributed by atoms with Gasteiger partial charge in [0.2, 0.25) is 0 Å². The first-order valence-corrected chi connectivity index (χ1v) is 10.6. The van der Waals surface area contributed by atoms with Crippen molar-refractivity contribution in [2.75, 3.05) is 13.1 Å². The van der Waals surface area contributed by atoms with Gasteiger partial charge in [-0.3, -0.25) is 4.79 Å². The van der Waals surface area contributed by atoms with E-state index in [0.29, 0.717) is 11.8 Å². The average molecular weight is 456 g/mol. The molecule has 0 radical (unpaired) electrons. The maximum Gasteiger partial charge on any atom is 0.254 e. The van der Waals surface area contributed by atoms with Gasteiger partial charge in [0.1, 0.15) is 0 Å². The second-order valence-corrected chi connectivity index (χ2v) is 9.75. The Hall–Kier alpha value is -1.37. The molecule has 0 aromatic carbocycles. The molecule has 168 valence electrons. The third-order valence-electron chi connectivity index (χ3n) is 6.18. The Labute approximate surface area is 191 Å². The number of pyridine rings is 1. The number of likely N-dealkylation sites (tertiary alicyclic amines) is 1. The number of piperidine rings is 1. The van der Waals surface area contributed by atoms with Crippen molar-refractivity contribution in [1.82, 2.24) is 19.7 Å². The lowest BCUT2D eigenvalue weighted by Crippen LogP contribution is -2.45. The standard InChI is InChI=1S/C22H33N5O.2ClH/c1-13(23)16-7-6-10-26(12-16)21(28)17-11-18(15-8-9-15)24-20-19(17)14(2)25-27(20)22(3,4)5;;/h11,13,15-16H,6-10,12,23H2,1-5H3;2*1H. The van der Waals surface area contributed by atoms with Crippen LogP contribution in [0.15, 0.2) is 6.07 Å². The monoisotopic (exact) mass is 455 g/mol. The molecule has 3 heterocycles. The summed E-state index contributed by atoms with van der Waals surface area (Å²) in [5.41, 5.74) is 9.49. The topological polar surface area (TPSA) is 77.0 Å². The molecule has 1 aliphatic carbocycles. The molecule has 6 nitrogen and oxygen atoms in total. The molecular weight excluding hydrogens is 421 g/mol. The minimum absolute atomic E-state index is 0. The minimum atomic E-state index is -0.187. The highest BCUT2D eigenvalue weighted by Crippen LogP contribution is 2.41. The Morgan fingerprint density at radius 1 is 1.23 bits per heavy atom. The Morgan fingerprint density at radius 2 is 1.90 bits per heavy atom. The van der Waals surface area contributed by atoms with Gasteiger partial charge in [-0.25, -0.2) is 9.67 Å². The predicted molar refractivity (Wildman–Crippen MR) is 126 cm³/mol. The summed E-state index contributed by atoms with van der Waals surface area (Å²) in [6.07, 6.45) is 4.43. The van der Waals surface area contributed by atoms with Crippen LogP contribution in [-0.2, 0) is 5.54 Å². The van der Waals surface area contributed by atoms with E-state index in [1.54, 1.807) is 0 Å². The van der Waals surface area contributed by atoms with Crippen LogP contribution in [0.5, 0.6) is 0 Å². The summed E-state index contributed by atoms with van der Waals surface area (Å²) in [5.74, 6) is 0.963. The van der Waals surface area contributed by atoms with E-state index >= 15 is 0 Å². The number of aryl methyl sites for hydroxylation is 1. The summed E-state index contributed by atoms with van der Waals surface area (Å²) in [6, 6.07) is 2.15. The van der Waals surface area contributed by atoms with Crippen LogP contribution >= 0.6 is 24.8 Å². The maximum absolute atomic E-state index is 13.6. The molecule has 0 spiro atoms. The normalized spacial score (nSPS) is 20.5. The number of halogens is 2. The van der Waals surface area contributed by atoms with Gasteiger partial charge >= 0.3 is 0 Å². The van der Waals surface area contributed by atoms with E-state index in [1.165, 1.54) is 0 Å². The van der Waals surface area contributed by atoms with E-state index in [0.717, 1.165) is 66.8 Å². The van der Waals surface area contributed by atoms with E-state index in [4.69, 9.17) is 15.8 Å². The largest absolute Gasteiger partial charge is 0.338 e. The molecule has 2 aliphatic rings. The number of hydrogen-bond donors (Lipinski definition) is 1. The number of nitrogens with two attached hydrogens (primary N) is 1. The van der Waals surface area contributed by atoms with Crippen LogP contribution in [0.3, 0.4) is 0 Å². The molecule has 1 saturated heterocycles. The van der Waals surface area contributed by atoms with Crippen molar-refractivity contribution >= 4 is 41.8 Å². The zero-order chi connectivity index (χ0) is 20.2. The number of carbonyl (C=O) groups excluding carboxylic acids is 1. The predicted octanol–water partition coefficient (Wildman–Crippen LogP) is 4.42. The molecule has 2 unspecified atom stereocenters. The van der Waals surface area contributed by atoms with Gasteiger partial charge in [0.05, 0.1) is 22.2 Å². The van der Waals surface area contributed by atoms with Crippen LogP contribution in [0.25, 0.3) is 11.0 Å². The van der Waals surface area contributed by atoms with Crippen LogP contribution < -0.4 is 5.73 Å². The van der Waals surface area contributed by atoms with Crippen molar-refractivity contribution in [2.45, 2.75) is 77.8 Å².